The first-order chi connectivity index (χ1) is 21.3. The van der Waals surface area contributed by atoms with Gasteiger partial charge in [-0.05, 0) is 114 Å². The van der Waals surface area contributed by atoms with Crippen LogP contribution >= 0.6 is 11.8 Å². The number of esters is 2. The molecular weight excluding hydrogens is 592 g/mol. The molecule has 248 valence electrons. The number of hydrogen-bond donors (Lipinski definition) is 2. The van der Waals surface area contributed by atoms with Gasteiger partial charge in [-0.25, -0.2) is 0 Å². The Labute approximate surface area is 272 Å². The largest absolute Gasteiger partial charge is 0.507 e. The van der Waals surface area contributed by atoms with Crippen molar-refractivity contribution >= 4 is 23.7 Å². The van der Waals surface area contributed by atoms with Crippen LogP contribution in [0.1, 0.15) is 84.0 Å². The van der Waals surface area contributed by atoms with E-state index in [9.17, 15) is 19.8 Å². The molecule has 0 fully saturated rings. The number of carbonyl (C=O) groups excluding carboxylic acids is 2. The number of phenolic OH excluding ortho intramolecular Hbond substituents is 2. The van der Waals surface area contributed by atoms with E-state index in [1.54, 1.807) is 11.8 Å². The number of rotatable bonds is 12. The Kier molecular flexibility index (Phi) is 11.6. The minimum atomic E-state index is -0.241. The monoisotopic (exact) mass is 642 g/mol. The summed E-state index contributed by atoms with van der Waals surface area (Å²) >= 11 is 1.54. The maximum atomic E-state index is 12.3. The van der Waals surface area contributed by atoms with Gasteiger partial charge in [-0.1, -0.05) is 0 Å². The molecule has 0 amide bonds. The molecule has 2 aromatic rings. The highest BCUT2D eigenvalue weighted by molar-refractivity contribution is 7.99. The third-order valence-electron chi connectivity index (χ3n) is 9.95. The predicted molar refractivity (Wildman–Crippen MR) is 177 cm³/mol. The Morgan fingerprint density at radius 2 is 1.04 bits per heavy atom. The van der Waals surface area contributed by atoms with Gasteiger partial charge in [0.1, 0.15) is 23.0 Å². The lowest BCUT2D eigenvalue weighted by Gasteiger charge is -2.34. The van der Waals surface area contributed by atoms with Gasteiger partial charge in [0.05, 0.1) is 38.3 Å². The van der Waals surface area contributed by atoms with Gasteiger partial charge in [0.15, 0.2) is 0 Å². The van der Waals surface area contributed by atoms with Crippen molar-refractivity contribution in [2.75, 3.05) is 24.7 Å². The van der Waals surface area contributed by atoms with E-state index in [-0.39, 0.29) is 36.0 Å². The highest BCUT2D eigenvalue weighted by Gasteiger charge is 2.32. The van der Waals surface area contributed by atoms with E-state index < -0.39 is 0 Å². The van der Waals surface area contributed by atoms with Gasteiger partial charge in [-0.2, -0.15) is 11.8 Å². The second-order valence-corrected chi connectivity index (χ2v) is 14.0. The van der Waals surface area contributed by atoms with Crippen LogP contribution in [0.2, 0.25) is 0 Å². The zero-order chi connectivity index (χ0) is 33.0. The first kappa shape index (κ1) is 34.8. The van der Waals surface area contributed by atoms with Gasteiger partial charge in [0, 0.05) is 34.5 Å². The molecule has 4 unspecified atom stereocenters. The first-order valence-corrected chi connectivity index (χ1v) is 17.3. The molecule has 0 aliphatic carbocycles. The predicted octanol–water partition coefficient (Wildman–Crippen LogP) is 6.91. The molecule has 4 rings (SSSR count). The summed E-state index contributed by atoms with van der Waals surface area (Å²) in [6.07, 6.45) is 3.53. The summed E-state index contributed by atoms with van der Waals surface area (Å²) in [4.78, 5) is 24.6. The van der Waals surface area contributed by atoms with E-state index in [0.29, 0.717) is 61.9 Å². The number of carbonyl (C=O) groups is 2. The lowest BCUT2D eigenvalue weighted by atomic mass is 9.84. The smallest absolute Gasteiger partial charge is 0.306 e. The number of benzene rings is 2. The fraction of sp³-hybridized carbons (Fsp3) is 0.611. The molecule has 4 atom stereocenters. The van der Waals surface area contributed by atoms with Gasteiger partial charge in [-0.3, -0.25) is 9.59 Å². The van der Waals surface area contributed by atoms with Crippen LogP contribution in [0.4, 0.5) is 0 Å². The van der Waals surface area contributed by atoms with Gasteiger partial charge < -0.3 is 29.2 Å². The highest BCUT2D eigenvalue weighted by Crippen LogP contribution is 2.44. The summed E-state index contributed by atoms with van der Waals surface area (Å²) in [6.45, 7) is 16.4. The number of phenols is 2. The van der Waals surface area contributed by atoms with Crippen molar-refractivity contribution in [2.24, 2.45) is 11.8 Å². The SMILES string of the molecule is Cc1c(C)c2c(c(C)c1O)CC(CCOC(=O)CCSCCC(=O)OCCC1Cc3c(C)c(O)c(C)c(C)c3OC1C)C(C)O2. The Morgan fingerprint density at radius 1 is 0.667 bits per heavy atom. The third kappa shape index (κ3) is 7.84. The van der Waals surface area contributed by atoms with Crippen molar-refractivity contribution in [2.45, 2.75) is 106 Å². The quantitative estimate of drug-likeness (QED) is 0.188. The van der Waals surface area contributed by atoms with E-state index in [1.807, 2.05) is 55.4 Å². The van der Waals surface area contributed by atoms with Crippen LogP contribution in [0, 0.1) is 53.4 Å². The Hall–Kier alpha value is -3.07. The van der Waals surface area contributed by atoms with E-state index in [0.717, 1.165) is 68.8 Å². The molecule has 2 aliphatic heterocycles. The fourth-order valence-corrected chi connectivity index (χ4v) is 7.27. The maximum absolute atomic E-state index is 12.3. The molecule has 8 nitrogen and oxygen atoms in total. The number of thioether (sulfide) groups is 1. The molecule has 45 heavy (non-hydrogen) atoms. The molecule has 2 heterocycles. The van der Waals surface area contributed by atoms with E-state index in [4.69, 9.17) is 18.9 Å². The summed E-state index contributed by atoms with van der Waals surface area (Å²) in [7, 11) is 0. The molecule has 0 saturated heterocycles. The van der Waals surface area contributed by atoms with Crippen LogP contribution in [0.15, 0.2) is 0 Å². The molecule has 2 aliphatic rings. The molecule has 0 radical (unpaired) electrons. The number of ether oxygens (including phenoxy) is 4. The summed E-state index contributed by atoms with van der Waals surface area (Å²) in [5, 5.41) is 21.0. The van der Waals surface area contributed by atoms with Gasteiger partial charge >= 0.3 is 11.9 Å². The topological polar surface area (TPSA) is 112 Å². The third-order valence-corrected chi connectivity index (χ3v) is 10.9. The highest BCUT2D eigenvalue weighted by atomic mass is 32.2. The average Bonchev–Trinajstić information content (AvgIpc) is 3.01. The second kappa shape index (κ2) is 15.0. The Morgan fingerprint density at radius 3 is 1.42 bits per heavy atom. The molecule has 0 bridgehead atoms. The number of hydrogen-bond acceptors (Lipinski definition) is 9. The molecule has 2 N–H and O–H groups in total. The molecule has 0 spiro atoms. The van der Waals surface area contributed by atoms with Crippen molar-refractivity contribution in [1.82, 2.24) is 0 Å². The van der Waals surface area contributed by atoms with Gasteiger partial charge in [-0.15, -0.1) is 0 Å². The lowest BCUT2D eigenvalue weighted by molar-refractivity contribution is -0.144. The van der Waals surface area contributed by atoms with Crippen LogP contribution in [0.25, 0.3) is 0 Å². The summed E-state index contributed by atoms with van der Waals surface area (Å²) in [6, 6.07) is 0. The second-order valence-electron chi connectivity index (χ2n) is 12.8. The molecule has 2 aromatic carbocycles. The molecular formula is C36H50O8S. The minimum Gasteiger partial charge on any atom is -0.507 e. The van der Waals surface area contributed by atoms with Crippen LogP contribution in [0.3, 0.4) is 0 Å². The molecule has 9 heteroatoms. The fourth-order valence-electron chi connectivity index (χ4n) is 6.45. The zero-order valence-corrected chi connectivity index (χ0v) is 28.9. The van der Waals surface area contributed by atoms with Crippen LogP contribution in [0.5, 0.6) is 23.0 Å². The van der Waals surface area contributed by atoms with Crippen LogP contribution < -0.4 is 9.47 Å². The van der Waals surface area contributed by atoms with Crippen molar-refractivity contribution < 1.29 is 38.7 Å². The standard InChI is InChI=1S/C36H50O8S/c1-19-21(3)35-29(23(5)33(19)39)17-27(25(7)43-35)9-13-41-31(37)11-15-45-16-12-32(38)42-14-10-28-18-30-24(6)34(40)20(2)22(4)36(30)44-26(28)8/h25-28,39-40H,9-18H2,1-8H3. The summed E-state index contributed by atoms with van der Waals surface area (Å²) in [5.74, 6) is 3.50. The van der Waals surface area contributed by atoms with Gasteiger partial charge in [0.25, 0.3) is 0 Å². The normalized spacial score (nSPS) is 20.4. The Balaban J connectivity index is 1.09. The zero-order valence-electron chi connectivity index (χ0n) is 28.1. The van der Waals surface area contributed by atoms with Crippen LogP contribution in [-0.2, 0) is 31.9 Å². The minimum absolute atomic E-state index is 0.00283. The van der Waals surface area contributed by atoms with Crippen molar-refractivity contribution in [3.8, 4) is 23.0 Å². The van der Waals surface area contributed by atoms with Crippen molar-refractivity contribution in [3.05, 3.63) is 44.5 Å². The van der Waals surface area contributed by atoms with E-state index in [2.05, 4.69) is 0 Å². The van der Waals surface area contributed by atoms with E-state index >= 15 is 0 Å². The molecule has 0 saturated carbocycles. The Bertz CT molecular complexity index is 1310. The van der Waals surface area contributed by atoms with Crippen LogP contribution in [-0.4, -0.2) is 59.1 Å². The molecule has 0 aromatic heterocycles. The maximum Gasteiger partial charge on any atom is 0.306 e. The summed E-state index contributed by atoms with van der Waals surface area (Å²) in [5.41, 5.74) is 7.50. The van der Waals surface area contributed by atoms with Crippen molar-refractivity contribution in [3.63, 3.8) is 0 Å². The number of aromatic hydroxyl groups is 2. The van der Waals surface area contributed by atoms with E-state index in [1.165, 1.54) is 0 Å². The van der Waals surface area contributed by atoms with Crippen molar-refractivity contribution in [1.29, 1.82) is 0 Å². The average molecular weight is 643 g/mol. The number of fused-ring (bicyclic) bond motifs is 2. The first-order valence-electron chi connectivity index (χ1n) is 16.2. The van der Waals surface area contributed by atoms with Gasteiger partial charge in [0.2, 0.25) is 0 Å². The summed E-state index contributed by atoms with van der Waals surface area (Å²) < 4.78 is 23.5. The lowest BCUT2D eigenvalue weighted by Crippen LogP contribution is -2.32.